The summed E-state index contributed by atoms with van der Waals surface area (Å²) < 4.78 is 26.0. The summed E-state index contributed by atoms with van der Waals surface area (Å²) in [6.45, 7) is 12.6. The standard InChI is InChI=1S/C32H41F2N3O4/c1-17-19-7-8-30(5)22(29(19,4)14-18(16-35)24(17)39)13-21(38)23-20-15-28(2,3)9-11-32(20,12-10-31(23,30)6)27(40)41-37-26(36)25(33)34/h13-14,17,19-20,23,25H,7-12,15H2,1-6H3,(H2,36,37)/t17-,19-,20-,23-,29-,30+,31+,32-/m0/s1. The smallest absolute Gasteiger partial charge is 0.341 e. The molecule has 5 rings (SSSR count). The van der Waals surface area contributed by atoms with E-state index in [0.717, 1.165) is 24.8 Å². The number of allylic oxidation sites excluding steroid dienone is 4. The first-order valence-corrected chi connectivity index (χ1v) is 14.7. The second kappa shape index (κ2) is 9.31. The number of hydrogen-bond acceptors (Lipinski definition) is 6. The zero-order valence-electron chi connectivity index (χ0n) is 24.9. The predicted molar refractivity (Wildman–Crippen MR) is 148 cm³/mol. The van der Waals surface area contributed by atoms with Crippen LogP contribution in [0.3, 0.4) is 0 Å². The molecule has 0 radical (unpaired) electrons. The average molecular weight is 570 g/mol. The minimum Gasteiger partial charge on any atom is -0.380 e. The molecule has 0 aliphatic heterocycles. The molecular formula is C32H41F2N3O4. The number of fused-ring (bicyclic) bond motifs is 7. The zero-order chi connectivity index (χ0) is 30.3. The van der Waals surface area contributed by atoms with Gasteiger partial charge in [0.15, 0.2) is 11.6 Å². The maximum Gasteiger partial charge on any atom is 0.341 e. The van der Waals surface area contributed by atoms with E-state index in [-0.39, 0.29) is 40.3 Å². The molecule has 0 aromatic carbocycles. The Hall–Kier alpha value is -2.89. The van der Waals surface area contributed by atoms with Gasteiger partial charge >= 0.3 is 5.97 Å². The van der Waals surface area contributed by atoms with Gasteiger partial charge in [-0.25, -0.2) is 13.6 Å². The Morgan fingerprint density at radius 1 is 1.10 bits per heavy atom. The summed E-state index contributed by atoms with van der Waals surface area (Å²) in [7, 11) is 0. The van der Waals surface area contributed by atoms with Gasteiger partial charge in [-0.3, -0.25) is 9.59 Å². The third-order valence-electron chi connectivity index (χ3n) is 12.4. The molecule has 5 aliphatic rings. The average Bonchev–Trinajstić information content (AvgIpc) is 2.90. The first kappa shape index (κ1) is 29.6. The van der Waals surface area contributed by atoms with E-state index in [0.29, 0.717) is 25.7 Å². The molecule has 3 fully saturated rings. The molecule has 9 heteroatoms. The molecular weight excluding hydrogens is 528 g/mol. The number of alkyl halides is 2. The largest absolute Gasteiger partial charge is 0.380 e. The molecule has 0 saturated heterocycles. The first-order chi connectivity index (χ1) is 19.0. The molecule has 0 aromatic rings. The number of carbonyl (C=O) groups is 3. The fourth-order valence-corrected chi connectivity index (χ4v) is 9.83. The quantitative estimate of drug-likeness (QED) is 0.196. The summed E-state index contributed by atoms with van der Waals surface area (Å²) in [6.07, 6.45) is 4.96. The number of nitrogens with two attached hydrogens (primary N) is 1. The number of oxime groups is 1. The number of nitriles is 1. The van der Waals surface area contributed by atoms with Crippen molar-refractivity contribution in [2.75, 3.05) is 0 Å². The van der Waals surface area contributed by atoms with Crippen LogP contribution in [0.15, 0.2) is 28.5 Å². The van der Waals surface area contributed by atoms with Crippen molar-refractivity contribution in [3.8, 4) is 6.07 Å². The highest BCUT2D eigenvalue weighted by Crippen LogP contribution is 2.73. The Morgan fingerprint density at radius 3 is 2.39 bits per heavy atom. The van der Waals surface area contributed by atoms with Crippen molar-refractivity contribution in [1.82, 2.24) is 0 Å². The maximum atomic E-state index is 14.4. The van der Waals surface area contributed by atoms with Crippen LogP contribution in [0.5, 0.6) is 0 Å². The number of rotatable bonds is 3. The minimum absolute atomic E-state index is 0.0104. The Morgan fingerprint density at radius 2 is 1.76 bits per heavy atom. The number of amidine groups is 1. The topological polar surface area (TPSA) is 123 Å². The summed E-state index contributed by atoms with van der Waals surface area (Å²) in [6, 6.07) is 2.10. The van der Waals surface area contributed by atoms with Crippen LogP contribution in [-0.4, -0.2) is 29.8 Å². The minimum atomic E-state index is -3.04. The van der Waals surface area contributed by atoms with E-state index in [1.54, 1.807) is 12.2 Å². The van der Waals surface area contributed by atoms with Crippen molar-refractivity contribution in [2.45, 2.75) is 92.9 Å². The van der Waals surface area contributed by atoms with Crippen molar-refractivity contribution in [3.63, 3.8) is 0 Å². The normalized spacial score (nSPS) is 43.5. The highest BCUT2D eigenvalue weighted by Gasteiger charge is 2.70. The number of hydrogen-bond donors (Lipinski definition) is 1. The van der Waals surface area contributed by atoms with Gasteiger partial charge in [0.05, 0.1) is 11.0 Å². The molecule has 0 heterocycles. The first-order valence-electron chi connectivity index (χ1n) is 14.7. The Bertz CT molecular complexity index is 1340. The van der Waals surface area contributed by atoms with E-state index >= 15 is 0 Å². The van der Waals surface area contributed by atoms with Crippen LogP contribution in [0, 0.1) is 62.1 Å². The summed E-state index contributed by atoms with van der Waals surface area (Å²) >= 11 is 0. The maximum absolute atomic E-state index is 14.4. The zero-order valence-corrected chi connectivity index (χ0v) is 24.9. The van der Waals surface area contributed by atoms with Crippen molar-refractivity contribution in [3.05, 3.63) is 23.3 Å². The third kappa shape index (κ3) is 3.99. The van der Waals surface area contributed by atoms with Crippen LogP contribution in [0.4, 0.5) is 8.78 Å². The molecule has 0 unspecified atom stereocenters. The molecule has 8 atom stereocenters. The van der Waals surface area contributed by atoms with Crippen molar-refractivity contribution in [2.24, 2.45) is 61.6 Å². The molecule has 7 nitrogen and oxygen atoms in total. The molecule has 0 aromatic heterocycles. The van der Waals surface area contributed by atoms with Crippen molar-refractivity contribution < 1.29 is 28.0 Å². The van der Waals surface area contributed by atoms with Crippen LogP contribution < -0.4 is 5.73 Å². The van der Waals surface area contributed by atoms with E-state index in [9.17, 15) is 28.4 Å². The lowest BCUT2D eigenvalue weighted by Crippen LogP contribution is -2.65. The van der Waals surface area contributed by atoms with E-state index in [1.807, 2.05) is 6.92 Å². The lowest BCUT2D eigenvalue weighted by Gasteiger charge is -2.68. The van der Waals surface area contributed by atoms with Crippen LogP contribution in [0.1, 0.15) is 86.5 Å². The van der Waals surface area contributed by atoms with Gasteiger partial charge in [-0.05, 0) is 79.1 Å². The lowest BCUT2D eigenvalue weighted by molar-refractivity contribution is -0.192. The predicted octanol–water partition coefficient (Wildman–Crippen LogP) is 5.90. The molecule has 0 amide bonds. The van der Waals surface area contributed by atoms with E-state index < -0.39 is 45.8 Å². The van der Waals surface area contributed by atoms with Crippen molar-refractivity contribution in [1.29, 1.82) is 5.26 Å². The number of nitrogens with zero attached hydrogens (tertiary/aromatic N) is 2. The number of ketones is 2. The number of Topliss-reactive ketones (excluding diaryl/α,β-unsaturated/α-hetero) is 1. The Labute approximate surface area is 240 Å². The fraction of sp³-hybridized carbons (Fsp3) is 0.719. The monoisotopic (exact) mass is 569 g/mol. The van der Waals surface area contributed by atoms with Gasteiger partial charge in [0, 0.05) is 17.3 Å². The SMILES string of the molecule is C[C@@H]1C(=O)C(C#N)=C[C@]2(C)C3=CC(=O)[C@@H]4[C@@H]5CC(C)(C)CC[C@]5(C(=O)ON=C(N)C(F)F)CC[C@@]4(C)[C@]3(C)CC[C@@H]12. The molecule has 222 valence electrons. The molecule has 2 N–H and O–H groups in total. The van der Waals surface area contributed by atoms with Crippen LogP contribution in [0.2, 0.25) is 0 Å². The molecule has 5 aliphatic carbocycles. The van der Waals surface area contributed by atoms with Gasteiger partial charge in [0.2, 0.25) is 5.84 Å². The molecule has 41 heavy (non-hydrogen) atoms. The fourth-order valence-electron chi connectivity index (χ4n) is 9.83. The molecule has 0 bridgehead atoms. The van der Waals surface area contributed by atoms with Crippen molar-refractivity contribution >= 4 is 23.4 Å². The van der Waals surface area contributed by atoms with Crippen LogP contribution in [0.25, 0.3) is 0 Å². The summed E-state index contributed by atoms with van der Waals surface area (Å²) in [5, 5.41) is 13.0. The van der Waals surface area contributed by atoms with E-state index in [1.165, 1.54) is 0 Å². The Balaban J connectivity index is 1.63. The van der Waals surface area contributed by atoms with Crippen LogP contribution >= 0.6 is 0 Å². The highest BCUT2D eigenvalue weighted by atomic mass is 19.3. The highest BCUT2D eigenvalue weighted by molar-refractivity contribution is 6.02. The van der Waals surface area contributed by atoms with E-state index in [2.05, 4.69) is 45.8 Å². The van der Waals surface area contributed by atoms with Gasteiger partial charge in [-0.2, -0.15) is 5.26 Å². The number of halogens is 2. The second-order valence-corrected chi connectivity index (χ2v) is 14.8. The van der Waals surface area contributed by atoms with Gasteiger partial charge in [-0.15, -0.1) is 0 Å². The molecule has 0 spiro atoms. The van der Waals surface area contributed by atoms with Gasteiger partial charge < -0.3 is 10.6 Å². The third-order valence-corrected chi connectivity index (χ3v) is 12.4. The summed E-state index contributed by atoms with van der Waals surface area (Å²) in [5.41, 5.74) is 3.72. The van der Waals surface area contributed by atoms with E-state index in [4.69, 9.17) is 10.6 Å². The van der Waals surface area contributed by atoms with Gasteiger partial charge in [0.25, 0.3) is 6.43 Å². The number of carbonyl (C=O) groups excluding carboxylic acids is 3. The summed E-state index contributed by atoms with van der Waals surface area (Å²) in [5.74, 6) is -3.08. The molecule has 3 saturated carbocycles. The van der Waals surface area contributed by atoms with Gasteiger partial charge in [0.1, 0.15) is 6.07 Å². The Kier molecular flexibility index (Phi) is 6.72. The van der Waals surface area contributed by atoms with Gasteiger partial charge in [-0.1, -0.05) is 58.3 Å². The second-order valence-electron chi connectivity index (χ2n) is 14.8. The summed E-state index contributed by atoms with van der Waals surface area (Å²) in [4.78, 5) is 46.1. The van der Waals surface area contributed by atoms with Crippen LogP contribution in [-0.2, 0) is 19.2 Å². The lowest BCUT2D eigenvalue weighted by atomic mass is 9.35.